The highest BCUT2D eigenvalue weighted by Gasteiger charge is 2.40. The van der Waals surface area contributed by atoms with Gasteiger partial charge in [-0.3, -0.25) is 0 Å². The van der Waals surface area contributed by atoms with E-state index in [0.717, 1.165) is 32.3 Å². The van der Waals surface area contributed by atoms with Crippen LogP contribution in [0.2, 0.25) is 0 Å². The van der Waals surface area contributed by atoms with Crippen LogP contribution in [0.3, 0.4) is 0 Å². The summed E-state index contributed by atoms with van der Waals surface area (Å²) < 4.78 is 6.14. The summed E-state index contributed by atoms with van der Waals surface area (Å²) in [4.78, 5) is 0. The molecular formula is C19H31NO. The topological polar surface area (TPSA) is 21.3 Å². The summed E-state index contributed by atoms with van der Waals surface area (Å²) in [6, 6.07) is 5.09. The average molecular weight is 289 g/mol. The predicted octanol–water partition coefficient (Wildman–Crippen LogP) is 4.20. The van der Waals surface area contributed by atoms with E-state index in [4.69, 9.17) is 4.74 Å². The number of benzene rings is 1. The predicted molar refractivity (Wildman–Crippen MR) is 90.0 cm³/mol. The lowest BCUT2D eigenvalue weighted by molar-refractivity contribution is -0.0109. The zero-order valence-electron chi connectivity index (χ0n) is 14.4. The van der Waals surface area contributed by atoms with Crippen molar-refractivity contribution >= 4 is 0 Å². The van der Waals surface area contributed by atoms with Crippen molar-refractivity contribution in [3.05, 3.63) is 34.4 Å². The molecule has 1 aromatic carbocycles. The Balaban J connectivity index is 2.53. The molecule has 0 aromatic heterocycles. The molecule has 0 amide bonds. The van der Waals surface area contributed by atoms with Crippen LogP contribution in [0.1, 0.15) is 68.8 Å². The fourth-order valence-corrected chi connectivity index (χ4v) is 3.79. The number of ether oxygens (including phenoxy) is 1. The Morgan fingerprint density at radius 2 is 1.76 bits per heavy atom. The van der Waals surface area contributed by atoms with Crippen molar-refractivity contribution in [2.75, 3.05) is 13.7 Å². The molecule has 118 valence electrons. The van der Waals surface area contributed by atoms with Crippen molar-refractivity contribution in [1.82, 2.24) is 5.32 Å². The van der Waals surface area contributed by atoms with E-state index in [1.807, 2.05) is 0 Å². The number of hydrogen-bond donors (Lipinski definition) is 1. The molecular weight excluding hydrogens is 258 g/mol. The molecule has 21 heavy (non-hydrogen) atoms. The van der Waals surface area contributed by atoms with Crippen molar-refractivity contribution in [3.63, 3.8) is 0 Å². The third kappa shape index (κ3) is 3.17. The standard InChI is InChI=1S/C19H31NO/c1-6-14-12-15(7-2)17(16(8-3)13-14)18(20-5)19(4)10-9-11-21-19/h12-13,18,20H,6-11H2,1-5H3. The maximum Gasteiger partial charge on any atom is 0.0849 e. The number of likely N-dealkylation sites (N-methyl/N-ethyl adjacent to an activating group) is 1. The number of nitrogens with one attached hydrogen (secondary N) is 1. The molecule has 1 aliphatic heterocycles. The molecule has 1 saturated heterocycles. The molecule has 2 rings (SSSR count). The van der Waals surface area contributed by atoms with Crippen LogP contribution in [0.5, 0.6) is 0 Å². The van der Waals surface area contributed by atoms with Gasteiger partial charge >= 0.3 is 0 Å². The summed E-state index contributed by atoms with van der Waals surface area (Å²) in [5.74, 6) is 0. The van der Waals surface area contributed by atoms with Gasteiger partial charge < -0.3 is 10.1 Å². The lowest BCUT2D eigenvalue weighted by Gasteiger charge is -2.36. The zero-order valence-corrected chi connectivity index (χ0v) is 14.4. The fourth-order valence-electron chi connectivity index (χ4n) is 3.79. The quantitative estimate of drug-likeness (QED) is 0.847. The first-order valence-corrected chi connectivity index (χ1v) is 8.55. The second-order valence-electron chi connectivity index (χ2n) is 6.37. The Labute approximate surface area is 130 Å². The second-order valence-corrected chi connectivity index (χ2v) is 6.37. The molecule has 2 atom stereocenters. The first-order chi connectivity index (χ1) is 10.1. The summed E-state index contributed by atoms with van der Waals surface area (Å²) in [6.45, 7) is 9.94. The van der Waals surface area contributed by atoms with Gasteiger partial charge in [0.1, 0.15) is 0 Å². The third-order valence-electron chi connectivity index (χ3n) is 5.02. The highest BCUT2D eigenvalue weighted by atomic mass is 16.5. The molecule has 2 heteroatoms. The van der Waals surface area contributed by atoms with Crippen molar-refractivity contribution in [2.45, 2.75) is 71.4 Å². The lowest BCUT2D eigenvalue weighted by Crippen LogP contribution is -2.40. The summed E-state index contributed by atoms with van der Waals surface area (Å²) in [5, 5.41) is 3.56. The zero-order chi connectivity index (χ0) is 15.5. The van der Waals surface area contributed by atoms with Crippen LogP contribution in [-0.2, 0) is 24.0 Å². The Bertz CT molecular complexity index is 449. The molecule has 1 N–H and O–H groups in total. The number of hydrogen-bond acceptors (Lipinski definition) is 2. The number of aryl methyl sites for hydroxylation is 3. The van der Waals surface area contributed by atoms with E-state index in [-0.39, 0.29) is 11.6 Å². The molecule has 1 fully saturated rings. The summed E-state index contributed by atoms with van der Waals surface area (Å²) in [5.41, 5.74) is 5.85. The van der Waals surface area contributed by atoms with Gasteiger partial charge in [-0.1, -0.05) is 32.9 Å². The van der Waals surface area contributed by atoms with Crippen LogP contribution < -0.4 is 5.32 Å². The Morgan fingerprint density at radius 3 is 2.14 bits per heavy atom. The largest absolute Gasteiger partial charge is 0.373 e. The molecule has 0 radical (unpaired) electrons. The van der Waals surface area contributed by atoms with Crippen LogP contribution in [0.4, 0.5) is 0 Å². The average Bonchev–Trinajstić information content (AvgIpc) is 2.95. The second kappa shape index (κ2) is 6.93. The minimum Gasteiger partial charge on any atom is -0.373 e. The Kier molecular flexibility index (Phi) is 5.45. The Hall–Kier alpha value is -0.860. The van der Waals surface area contributed by atoms with Crippen LogP contribution in [-0.4, -0.2) is 19.3 Å². The van der Waals surface area contributed by atoms with Gasteiger partial charge in [-0.2, -0.15) is 0 Å². The molecule has 1 heterocycles. The van der Waals surface area contributed by atoms with Gasteiger partial charge in [0.15, 0.2) is 0 Å². The molecule has 1 aliphatic rings. The van der Waals surface area contributed by atoms with E-state index >= 15 is 0 Å². The molecule has 0 bridgehead atoms. The monoisotopic (exact) mass is 289 g/mol. The van der Waals surface area contributed by atoms with Crippen molar-refractivity contribution < 1.29 is 4.74 Å². The van der Waals surface area contributed by atoms with Gasteiger partial charge in [0.2, 0.25) is 0 Å². The molecule has 2 unspecified atom stereocenters. The fraction of sp³-hybridized carbons (Fsp3) is 0.684. The van der Waals surface area contributed by atoms with Crippen LogP contribution in [0.15, 0.2) is 12.1 Å². The van der Waals surface area contributed by atoms with Crippen LogP contribution >= 0.6 is 0 Å². The summed E-state index contributed by atoms with van der Waals surface area (Å²) >= 11 is 0. The SMILES string of the molecule is CCc1cc(CC)c(C(NC)C2(C)CCCO2)c(CC)c1. The van der Waals surface area contributed by atoms with Crippen LogP contribution in [0, 0.1) is 0 Å². The van der Waals surface area contributed by atoms with E-state index in [1.165, 1.54) is 28.7 Å². The first kappa shape index (κ1) is 16.5. The molecule has 0 saturated carbocycles. The van der Waals surface area contributed by atoms with Gasteiger partial charge in [0, 0.05) is 6.61 Å². The third-order valence-corrected chi connectivity index (χ3v) is 5.02. The normalized spacial score (nSPS) is 23.5. The summed E-state index contributed by atoms with van der Waals surface area (Å²) in [6.07, 6.45) is 5.60. The lowest BCUT2D eigenvalue weighted by atomic mass is 9.81. The van der Waals surface area contributed by atoms with E-state index in [1.54, 1.807) is 0 Å². The van der Waals surface area contributed by atoms with Gasteiger partial charge in [-0.15, -0.1) is 0 Å². The highest BCUT2D eigenvalue weighted by Crippen LogP contribution is 2.40. The van der Waals surface area contributed by atoms with Gasteiger partial charge in [-0.05, 0) is 68.3 Å². The van der Waals surface area contributed by atoms with E-state index in [9.17, 15) is 0 Å². The maximum absolute atomic E-state index is 6.14. The van der Waals surface area contributed by atoms with Gasteiger partial charge in [-0.25, -0.2) is 0 Å². The smallest absolute Gasteiger partial charge is 0.0849 e. The highest BCUT2D eigenvalue weighted by molar-refractivity contribution is 5.43. The minimum atomic E-state index is -0.0731. The first-order valence-electron chi connectivity index (χ1n) is 8.55. The minimum absolute atomic E-state index is 0.0731. The van der Waals surface area contributed by atoms with E-state index < -0.39 is 0 Å². The molecule has 0 aliphatic carbocycles. The number of rotatable bonds is 6. The van der Waals surface area contributed by atoms with Gasteiger partial charge in [0.25, 0.3) is 0 Å². The molecule has 0 spiro atoms. The molecule has 1 aromatic rings. The van der Waals surface area contributed by atoms with Gasteiger partial charge in [0.05, 0.1) is 11.6 Å². The van der Waals surface area contributed by atoms with Crippen molar-refractivity contribution in [2.24, 2.45) is 0 Å². The maximum atomic E-state index is 6.14. The van der Waals surface area contributed by atoms with Crippen molar-refractivity contribution in [1.29, 1.82) is 0 Å². The van der Waals surface area contributed by atoms with Crippen molar-refractivity contribution in [3.8, 4) is 0 Å². The molecule has 2 nitrogen and oxygen atoms in total. The van der Waals surface area contributed by atoms with E-state index in [0.29, 0.717) is 0 Å². The summed E-state index contributed by atoms with van der Waals surface area (Å²) in [7, 11) is 2.07. The Morgan fingerprint density at radius 1 is 1.14 bits per heavy atom. The van der Waals surface area contributed by atoms with Crippen LogP contribution in [0.25, 0.3) is 0 Å². The van der Waals surface area contributed by atoms with E-state index in [2.05, 4.69) is 52.2 Å².